The van der Waals surface area contributed by atoms with Crippen molar-refractivity contribution in [2.45, 2.75) is 26.8 Å². The third-order valence-electron chi connectivity index (χ3n) is 5.80. The fraction of sp³-hybridized carbons (Fsp3) is 0.200. The summed E-state index contributed by atoms with van der Waals surface area (Å²) in [5.41, 5.74) is 6.08. The van der Waals surface area contributed by atoms with Crippen molar-refractivity contribution in [2.24, 2.45) is 0 Å². The highest BCUT2D eigenvalue weighted by atomic mass is 16.2. The van der Waals surface area contributed by atoms with Gasteiger partial charge in [0.25, 0.3) is 5.91 Å². The van der Waals surface area contributed by atoms with Gasteiger partial charge in [-0.2, -0.15) is 5.10 Å². The molecule has 0 saturated carbocycles. The van der Waals surface area contributed by atoms with Gasteiger partial charge >= 0.3 is 0 Å². The highest BCUT2D eigenvalue weighted by molar-refractivity contribution is 5.98. The van der Waals surface area contributed by atoms with E-state index in [1.54, 1.807) is 0 Å². The highest BCUT2D eigenvalue weighted by Crippen LogP contribution is 2.27. The lowest BCUT2D eigenvalue weighted by atomic mass is 9.99. The molecule has 3 heterocycles. The van der Waals surface area contributed by atoms with Gasteiger partial charge < -0.3 is 9.47 Å². The molecule has 0 spiro atoms. The lowest BCUT2D eigenvalue weighted by Crippen LogP contribution is -2.36. The van der Waals surface area contributed by atoms with Crippen LogP contribution in [-0.2, 0) is 13.0 Å². The van der Waals surface area contributed by atoms with Crippen molar-refractivity contribution in [1.29, 1.82) is 0 Å². The summed E-state index contributed by atoms with van der Waals surface area (Å²) >= 11 is 0. The van der Waals surface area contributed by atoms with E-state index in [4.69, 9.17) is 5.10 Å². The number of amides is 1. The summed E-state index contributed by atoms with van der Waals surface area (Å²) in [4.78, 5) is 15.6. The first-order valence-corrected chi connectivity index (χ1v) is 10.3. The topological polar surface area (TPSA) is 43.1 Å². The van der Waals surface area contributed by atoms with Crippen molar-refractivity contribution in [3.63, 3.8) is 0 Å². The van der Waals surface area contributed by atoms with Crippen LogP contribution in [-0.4, -0.2) is 31.7 Å². The molecule has 2 aromatic carbocycles. The molecule has 30 heavy (non-hydrogen) atoms. The number of aromatic nitrogens is 3. The monoisotopic (exact) mass is 396 g/mol. The molecule has 5 rings (SSSR count). The predicted octanol–water partition coefficient (Wildman–Crippen LogP) is 4.48. The maximum atomic E-state index is 13.7. The van der Waals surface area contributed by atoms with E-state index in [2.05, 4.69) is 37.3 Å². The van der Waals surface area contributed by atoms with Crippen molar-refractivity contribution >= 4 is 5.91 Å². The highest BCUT2D eigenvalue weighted by Gasteiger charge is 2.29. The maximum Gasteiger partial charge on any atom is 0.259 e. The van der Waals surface area contributed by atoms with Gasteiger partial charge in [0.2, 0.25) is 0 Å². The molecule has 0 saturated heterocycles. The van der Waals surface area contributed by atoms with Gasteiger partial charge in [0.1, 0.15) is 5.56 Å². The van der Waals surface area contributed by atoms with Crippen LogP contribution >= 0.6 is 0 Å². The maximum absolute atomic E-state index is 13.7. The van der Waals surface area contributed by atoms with Crippen LogP contribution in [0.25, 0.3) is 11.5 Å². The van der Waals surface area contributed by atoms with Crippen LogP contribution in [0.2, 0.25) is 0 Å². The van der Waals surface area contributed by atoms with Crippen molar-refractivity contribution in [3.8, 4) is 11.5 Å². The quantitative estimate of drug-likeness (QED) is 0.512. The lowest BCUT2D eigenvalue weighted by molar-refractivity contribution is 0.0734. The molecule has 5 nitrogen and oxygen atoms in total. The molecule has 0 bridgehead atoms. The minimum absolute atomic E-state index is 0.0315. The Hall–Kier alpha value is -3.60. The zero-order chi connectivity index (χ0) is 20.7. The molecule has 4 aromatic rings. The van der Waals surface area contributed by atoms with Gasteiger partial charge in [-0.15, -0.1) is 0 Å². The first-order valence-electron chi connectivity index (χ1n) is 10.3. The minimum atomic E-state index is 0.0315. The van der Waals surface area contributed by atoms with E-state index in [1.807, 2.05) is 63.8 Å². The number of carbonyl (C=O) groups excluding carboxylic acids is 1. The molecule has 1 amide bonds. The Labute approximate surface area is 176 Å². The van der Waals surface area contributed by atoms with Crippen LogP contribution in [0.15, 0.2) is 73.1 Å². The van der Waals surface area contributed by atoms with E-state index < -0.39 is 0 Å². The third-order valence-corrected chi connectivity index (χ3v) is 5.80. The molecular formula is C25H24N4O. The Bertz CT molecular complexity index is 1200. The van der Waals surface area contributed by atoms with E-state index in [-0.39, 0.29) is 5.91 Å². The standard InChI is InChI=1S/C25H24N4O/c1-18-9-11-22(12-10-18)29-24(27-14-5-6-15-27)23(19(2)26-29)25(30)28-16-13-20-7-3-4-8-21(20)17-28/h3-12,14-15H,13,16-17H2,1-2H3. The van der Waals surface area contributed by atoms with Crippen molar-refractivity contribution < 1.29 is 4.79 Å². The molecule has 150 valence electrons. The fourth-order valence-corrected chi connectivity index (χ4v) is 4.17. The molecule has 1 aliphatic rings. The molecular weight excluding hydrogens is 372 g/mol. The summed E-state index contributed by atoms with van der Waals surface area (Å²) in [6.45, 7) is 5.34. The number of hydrogen-bond donors (Lipinski definition) is 0. The van der Waals surface area contributed by atoms with E-state index in [0.717, 1.165) is 30.2 Å². The first-order chi connectivity index (χ1) is 14.6. The van der Waals surface area contributed by atoms with Gasteiger partial charge in [-0.3, -0.25) is 4.79 Å². The minimum Gasteiger partial charge on any atom is -0.334 e. The van der Waals surface area contributed by atoms with E-state index in [0.29, 0.717) is 12.1 Å². The SMILES string of the molecule is Cc1ccc(-n2nc(C)c(C(=O)N3CCc4ccccc4C3)c2-n2cccc2)cc1. The van der Waals surface area contributed by atoms with Crippen molar-refractivity contribution in [1.82, 2.24) is 19.2 Å². The van der Waals surface area contributed by atoms with Gasteiger partial charge in [-0.05, 0) is 55.7 Å². The summed E-state index contributed by atoms with van der Waals surface area (Å²) in [5, 5.41) is 4.78. The van der Waals surface area contributed by atoms with Crippen LogP contribution in [0.3, 0.4) is 0 Å². The first kappa shape index (κ1) is 18.4. The normalized spacial score (nSPS) is 13.3. The molecule has 0 radical (unpaired) electrons. The second-order valence-corrected chi connectivity index (χ2v) is 7.87. The average molecular weight is 396 g/mol. The number of fused-ring (bicyclic) bond motifs is 1. The second-order valence-electron chi connectivity index (χ2n) is 7.87. The predicted molar refractivity (Wildman–Crippen MR) is 117 cm³/mol. The zero-order valence-electron chi connectivity index (χ0n) is 17.2. The number of hydrogen-bond acceptors (Lipinski definition) is 2. The second kappa shape index (κ2) is 7.34. The summed E-state index contributed by atoms with van der Waals surface area (Å²) in [7, 11) is 0. The van der Waals surface area contributed by atoms with Gasteiger partial charge in [-0.1, -0.05) is 42.0 Å². The molecule has 2 aromatic heterocycles. The zero-order valence-corrected chi connectivity index (χ0v) is 17.2. The Balaban J connectivity index is 1.60. The van der Waals surface area contributed by atoms with E-state index in [9.17, 15) is 4.79 Å². The molecule has 0 unspecified atom stereocenters. The third kappa shape index (κ3) is 3.12. The fourth-order valence-electron chi connectivity index (χ4n) is 4.17. The van der Waals surface area contributed by atoms with E-state index in [1.165, 1.54) is 16.7 Å². The Morgan fingerprint density at radius 3 is 2.33 bits per heavy atom. The van der Waals surface area contributed by atoms with Crippen LogP contribution < -0.4 is 0 Å². The number of carbonyl (C=O) groups is 1. The average Bonchev–Trinajstić information content (AvgIpc) is 3.41. The van der Waals surface area contributed by atoms with Gasteiger partial charge in [0.05, 0.1) is 11.4 Å². The number of benzene rings is 2. The molecule has 5 heteroatoms. The summed E-state index contributed by atoms with van der Waals surface area (Å²) in [6.07, 6.45) is 4.80. The number of nitrogens with zero attached hydrogens (tertiary/aromatic N) is 4. The molecule has 0 N–H and O–H groups in total. The summed E-state index contributed by atoms with van der Waals surface area (Å²) in [6, 6.07) is 20.5. The largest absolute Gasteiger partial charge is 0.334 e. The Kier molecular flexibility index (Phi) is 4.51. The molecule has 0 atom stereocenters. The van der Waals surface area contributed by atoms with Crippen molar-refractivity contribution in [2.75, 3.05) is 6.54 Å². The summed E-state index contributed by atoms with van der Waals surface area (Å²) < 4.78 is 3.85. The smallest absolute Gasteiger partial charge is 0.259 e. The summed E-state index contributed by atoms with van der Waals surface area (Å²) in [5.74, 6) is 0.814. The number of rotatable bonds is 3. The van der Waals surface area contributed by atoms with E-state index >= 15 is 0 Å². The number of aryl methyl sites for hydroxylation is 2. The van der Waals surface area contributed by atoms with Crippen LogP contribution in [0.5, 0.6) is 0 Å². The van der Waals surface area contributed by atoms with Crippen molar-refractivity contribution in [3.05, 3.63) is 101 Å². The Morgan fingerprint density at radius 2 is 1.60 bits per heavy atom. The lowest BCUT2D eigenvalue weighted by Gasteiger charge is -2.29. The van der Waals surface area contributed by atoms with Gasteiger partial charge in [-0.25, -0.2) is 4.68 Å². The van der Waals surface area contributed by atoms with Gasteiger partial charge in [0.15, 0.2) is 5.82 Å². The van der Waals surface area contributed by atoms with Crippen LogP contribution in [0, 0.1) is 13.8 Å². The van der Waals surface area contributed by atoms with Gasteiger partial charge in [0, 0.05) is 25.5 Å². The van der Waals surface area contributed by atoms with Crippen LogP contribution in [0.4, 0.5) is 0 Å². The molecule has 1 aliphatic heterocycles. The molecule has 0 aliphatic carbocycles. The van der Waals surface area contributed by atoms with Crippen LogP contribution in [0.1, 0.15) is 32.7 Å². The Morgan fingerprint density at radius 1 is 0.900 bits per heavy atom. The molecule has 0 fully saturated rings.